The summed E-state index contributed by atoms with van der Waals surface area (Å²) in [6.07, 6.45) is 3.58. The van der Waals surface area contributed by atoms with E-state index in [-0.39, 0.29) is 12.1 Å². The van der Waals surface area contributed by atoms with Gasteiger partial charge in [0, 0.05) is 56.7 Å². The molecule has 24 heavy (non-hydrogen) atoms. The fourth-order valence-corrected chi connectivity index (χ4v) is 3.42. The van der Waals surface area contributed by atoms with E-state index in [1.807, 2.05) is 4.90 Å². The monoisotopic (exact) mass is 330 g/mol. The number of nitrogens with one attached hydrogen (secondary N) is 1. The Bertz CT molecular complexity index is 531. The van der Waals surface area contributed by atoms with Gasteiger partial charge < -0.3 is 20.0 Å². The van der Waals surface area contributed by atoms with Crippen LogP contribution in [0.4, 0.5) is 16.2 Å². The molecule has 2 aliphatic rings. The van der Waals surface area contributed by atoms with E-state index < -0.39 is 0 Å². The van der Waals surface area contributed by atoms with Crippen molar-refractivity contribution in [2.24, 2.45) is 0 Å². The molecule has 2 fully saturated rings. The van der Waals surface area contributed by atoms with Crippen LogP contribution in [0.5, 0.6) is 0 Å². The van der Waals surface area contributed by atoms with E-state index in [0.717, 1.165) is 32.6 Å². The highest BCUT2D eigenvalue weighted by molar-refractivity contribution is 5.75. The highest BCUT2D eigenvalue weighted by Gasteiger charge is 2.22. The van der Waals surface area contributed by atoms with Gasteiger partial charge in [-0.05, 0) is 50.5 Å². The third kappa shape index (κ3) is 3.94. The molecule has 1 aromatic carbocycles. The Hall–Kier alpha value is -1.91. The van der Waals surface area contributed by atoms with E-state index in [4.69, 9.17) is 0 Å². The highest BCUT2D eigenvalue weighted by Crippen LogP contribution is 2.24. The van der Waals surface area contributed by atoms with E-state index in [0.29, 0.717) is 0 Å². The SMILES string of the molecule is CCC(C)NC(=O)N1CCN(c2ccc(N3CCCC3)cc2)CC1. The van der Waals surface area contributed by atoms with Crippen molar-refractivity contribution in [1.29, 1.82) is 0 Å². The fraction of sp³-hybridized carbons (Fsp3) is 0.632. The Labute approximate surface area is 145 Å². The minimum atomic E-state index is 0.0772. The summed E-state index contributed by atoms with van der Waals surface area (Å²) >= 11 is 0. The smallest absolute Gasteiger partial charge is 0.317 e. The normalized spacial score (nSPS) is 19.5. The van der Waals surface area contributed by atoms with Gasteiger partial charge in [-0.3, -0.25) is 0 Å². The standard InChI is InChI=1S/C19H30N4O/c1-3-16(2)20-19(24)23-14-12-22(13-15-23)18-8-6-17(7-9-18)21-10-4-5-11-21/h6-9,16H,3-5,10-15H2,1-2H3,(H,20,24). The van der Waals surface area contributed by atoms with Crippen LogP contribution in [-0.2, 0) is 0 Å². The molecule has 0 aliphatic carbocycles. The number of piperazine rings is 1. The number of carbonyl (C=O) groups is 1. The summed E-state index contributed by atoms with van der Waals surface area (Å²) in [6, 6.07) is 9.25. The molecule has 132 valence electrons. The van der Waals surface area contributed by atoms with Crippen molar-refractivity contribution in [3.63, 3.8) is 0 Å². The predicted octanol–water partition coefficient (Wildman–Crippen LogP) is 2.92. The molecule has 1 atom stereocenters. The lowest BCUT2D eigenvalue weighted by atomic mass is 10.2. The maximum Gasteiger partial charge on any atom is 0.317 e. The maximum absolute atomic E-state index is 12.2. The molecule has 0 spiro atoms. The molecule has 2 heterocycles. The lowest BCUT2D eigenvalue weighted by Crippen LogP contribution is -2.53. The summed E-state index contributed by atoms with van der Waals surface area (Å²) in [7, 11) is 0. The van der Waals surface area contributed by atoms with Crippen LogP contribution in [0, 0.1) is 0 Å². The van der Waals surface area contributed by atoms with Crippen LogP contribution in [0.25, 0.3) is 0 Å². The van der Waals surface area contributed by atoms with Crippen LogP contribution in [-0.4, -0.2) is 56.2 Å². The number of nitrogens with zero attached hydrogens (tertiary/aromatic N) is 3. The first kappa shape index (κ1) is 16.9. The van der Waals surface area contributed by atoms with Crippen molar-refractivity contribution >= 4 is 17.4 Å². The molecule has 1 aromatic rings. The van der Waals surface area contributed by atoms with Crippen LogP contribution in [0.3, 0.4) is 0 Å². The van der Waals surface area contributed by atoms with E-state index in [1.165, 1.54) is 37.3 Å². The zero-order valence-corrected chi connectivity index (χ0v) is 15.0. The Kier molecular flexibility index (Phi) is 5.48. The second-order valence-corrected chi connectivity index (χ2v) is 6.94. The minimum Gasteiger partial charge on any atom is -0.372 e. The van der Waals surface area contributed by atoms with Gasteiger partial charge in [-0.2, -0.15) is 0 Å². The predicted molar refractivity (Wildman–Crippen MR) is 100.0 cm³/mol. The quantitative estimate of drug-likeness (QED) is 0.922. The first-order valence-corrected chi connectivity index (χ1v) is 9.33. The third-order valence-electron chi connectivity index (χ3n) is 5.24. The number of amides is 2. The maximum atomic E-state index is 12.2. The summed E-state index contributed by atoms with van der Waals surface area (Å²) in [5.41, 5.74) is 2.60. The largest absolute Gasteiger partial charge is 0.372 e. The first-order valence-electron chi connectivity index (χ1n) is 9.33. The molecular formula is C19H30N4O. The second-order valence-electron chi connectivity index (χ2n) is 6.94. The van der Waals surface area contributed by atoms with E-state index >= 15 is 0 Å². The van der Waals surface area contributed by atoms with Gasteiger partial charge in [0.25, 0.3) is 0 Å². The lowest BCUT2D eigenvalue weighted by Gasteiger charge is -2.36. The van der Waals surface area contributed by atoms with E-state index in [9.17, 15) is 4.79 Å². The molecule has 3 rings (SSSR count). The molecule has 0 bridgehead atoms. The summed E-state index contributed by atoms with van der Waals surface area (Å²) in [4.78, 5) is 19.0. The van der Waals surface area contributed by atoms with Crippen LogP contribution >= 0.6 is 0 Å². The minimum absolute atomic E-state index is 0.0772. The van der Waals surface area contributed by atoms with Gasteiger partial charge in [0.1, 0.15) is 0 Å². The van der Waals surface area contributed by atoms with Crippen LogP contribution in [0.2, 0.25) is 0 Å². The Morgan fingerprint density at radius 1 is 0.958 bits per heavy atom. The topological polar surface area (TPSA) is 38.8 Å². The van der Waals surface area contributed by atoms with Crippen molar-refractivity contribution in [3.8, 4) is 0 Å². The van der Waals surface area contributed by atoms with E-state index in [1.54, 1.807) is 0 Å². The van der Waals surface area contributed by atoms with Gasteiger partial charge in [0.15, 0.2) is 0 Å². The average Bonchev–Trinajstić information content (AvgIpc) is 3.16. The number of anilines is 2. The van der Waals surface area contributed by atoms with Crippen LogP contribution in [0.15, 0.2) is 24.3 Å². The molecule has 0 saturated carbocycles. The van der Waals surface area contributed by atoms with Gasteiger partial charge in [0.2, 0.25) is 0 Å². The third-order valence-corrected chi connectivity index (χ3v) is 5.24. The summed E-state index contributed by atoms with van der Waals surface area (Å²) in [5, 5.41) is 3.06. The summed E-state index contributed by atoms with van der Waals surface area (Å²) in [6.45, 7) is 9.89. The fourth-order valence-electron chi connectivity index (χ4n) is 3.42. The Morgan fingerprint density at radius 3 is 1.96 bits per heavy atom. The number of hydrogen-bond acceptors (Lipinski definition) is 3. The van der Waals surface area contributed by atoms with Gasteiger partial charge in [-0.1, -0.05) is 6.92 Å². The van der Waals surface area contributed by atoms with Crippen molar-refractivity contribution in [3.05, 3.63) is 24.3 Å². The van der Waals surface area contributed by atoms with Crippen molar-refractivity contribution in [1.82, 2.24) is 10.2 Å². The zero-order valence-electron chi connectivity index (χ0n) is 15.0. The Balaban J connectivity index is 1.52. The van der Waals surface area contributed by atoms with Crippen LogP contribution < -0.4 is 15.1 Å². The molecule has 5 nitrogen and oxygen atoms in total. The molecule has 2 saturated heterocycles. The first-order chi connectivity index (χ1) is 11.7. The molecule has 1 N–H and O–H groups in total. The summed E-state index contributed by atoms with van der Waals surface area (Å²) < 4.78 is 0. The van der Waals surface area contributed by atoms with Gasteiger partial charge in [0.05, 0.1) is 0 Å². The molecule has 0 aromatic heterocycles. The molecule has 2 aliphatic heterocycles. The van der Waals surface area contributed by atoms with Crippen molar-refractivity contribution in [2.75, 3.05) is 49.1 Å². The van der Waals surface area contributed by atoms with Gasteiger partial charge in [-0.25, -0.2) is 4.79 Å². The molecule has 5 heteroatoms. The molecule has 0 radical (unpaired) electrons. The van der Waals surface area contributed by atoms with Gasteiger partial charge in [-0.15, -0.1) is 0 Å². The lowest BCUT2D eigenvalue weighted by molar-refractivity contribution is 0.191. The van der Waals surface area contributed by atoms with Crippen LogP contribution in [0.1, 0.15) is 33.1 Å². The molecular weight excluding hydrogens is 300 g/mol. The summed E-state index contributed by atoms with van der Waals surface area (Å²) in [5.74, 6) is 0. The van der Waals surface area contributed by atoms with Crippen molar-refractivity contribution in [2.45, 2.75) is 39.2 Å². The van der Waals surface area contributed by atoms with Gasteiger partial charge >= 0.3 is 6.03 Å². The number of urea groups is 1. The van der Waals surface area contributed by atoms with Crippen molar-refractivity contribution < 1.29 is 4.79 Å². The number of hydrogen-bond donors (Lipinski definition) is 1. The van der Waals surface area contributed by atoms with E-state index in [2.05, 4.69) is 53.2 Å². The number of rotatable bonds is 4. The Morgan fingerprint density at radius 2 is 1.46 bits per heavy atom. The molecule has 2 amide bonds. The average molecular weight is 330 g/mol. The second kappa shape index (κ2) is 7.77. The molecule has 1 unspecified atom stereocenters. The number of carbonyl (C=O) groups excluding carboxylic acids is 1. The zero-order chi connectivity index (χ0) is 16.9. The highest BCUT2D eigenvalue weighted by atomic mass is 16.2. The number of benzene rings is 1.